The van der Waals surface area contributed by atoms with Crippen LogP contribution in [0.25, 0.3) is 0 Å². The van der Waals surface area contributed by atoms with Crippen LogP contribution in [0.2, 0.25) is 0 Å². The molecule has 2 aromatic carbocycles. The Morgan fingerprint density at radius 1 is 1.12 bits per heavy atom. The molecule has 1 aliphatic heterocycles. The minimum absolute atomic E-state index is 0.0336. The molecule has 0 aliphatic carbocycles. The fourth-order valence-electron chi connectivity index (χ4n) is 3.85. The zero-order chi connectivity index (χ0) is 23.3. The Bertz CT molecular complexity index is 932. The van der Waals surface area contributed by atoms with Crippen molar-refractivity contribution < 1.29 is 27.5 Å². The summed E-state index contributed by atoms with van der Waals surface area (Å²) in [4.78, 5) is 26.8. The normalized spacial score (nSPS) is 18.8. The molecule has 5 nitrogen and oxygen atoms in total. The quantitative estimate of drug-likeness (QED) is 0.688. The highest BCUT2D eigenvalue weighted by Crippen LogP contribution is 2.30. The highest BCUT2D eigenvalue weighted by Gasteiger charge is 2.37. The number of hydrogen-bond donors (Lipinski definition) is 1. The number of nitrogens with one attached hydrogen (secondary N) is 1. The van der Waals surface area contributed by atoms with Gasteiger partial charge >= 0.3 is 6.18 Å². The first kappa shape index (κ1) is 23.8. The van der Waals surface area contributed by atoms with E-state index in [1.54, 1.807) is 4.90 Å². The van der Waals surface area contributed by atoms with E-state index in [0.29, 0.717) is 19.6 Å². The van der Waals surface area contributed by atoms with Crippen LogP contribution in [0.5, 0.6) is 0 Å². The lowest BCUT2D eigenvalue weighted by Gasteiger charge is -2.27. The van der Waals surface area contributed by atoms with E-state index in [-0.39, 0.29) is 36.1 Å². The molecule has 0 spiro atoms. The van der Waals surface area contributed by atoms with Gasteiger partial charge in [0.2, 0.25) is 5.91 Å². The second-order valence-corrected chi connectivity index (χ2v) is 8.27. The second kappa shape index (κ2) is 10.2. The van der Waals surface area contributed by atoms with Gasteiger partial charge in [-0.3, -0.25) is 9.59 Å². The maximum atomic E-state index is 12.9. The Labute approximate surface area is 185 Å². The largest absolute Gasteiger partial charge is 0.416 e. The van der Waals surface area contributed by atoms with Crippen molar-refractivity contribution in [2.45, 2.75) is 45.2 Å². The molecular formula is C24H27F3N2O3. The van der Waals surface area contributed by atoms with Crippen LogP contribution in [-0.2, 0) is 22.3 Å². The van der Waals surface area contributed by atoms with Crippen molar-refractivity contribution in [2.24, 2.45) is 5.92 Å². The molecule has 0 saturated carbocycles. The molecule has 0 unspecified atom stereocenters. The lowest BCUT2D eigenvalue weighted by Crippen LogP contribution is -2.44. The van der Waals surface area contributed by atoms with Gasteiger partial charge in [-0.05, 0) is 36.1 Å². The van der Waals surface area contributed by atoms with Crippen LogP contribution < -0.4 is 5.32 Å². The Balaban J connectivity index is 1.57. The summed E-state index contributed by atoms with van der Waals surface area (Å²) in [5.74, 6) is -0.806. The summed E-state index contributed by atoms with van der Waals surface area (Å²) < 4.78 is 44.6. The standard InChI is InChI=1S/C24H27F3N2O3/c1-16(2)21-12-20(32-15-17-7-4-3-5-8-17)14-29(21)22(30)13-28-23(31)18-9-6-10-19(11-18)24(25,26)27/h3-11,16,20-21H,12-15H2,1-2H3,(H,28,31)/t20-,21+/m1/s1. The minimum Gasteiger partial charge on any atom is -0.372 e. The van der Waals surface area contributed by atoms with E-state index in [0.717, 1.165) is 17.7 Å². The van der Waals surface area contributed by atoms with Gasteiger partial charge in [-0.25, -0.2) is 0 Å². The molecule has 0 bridgehead atoms. The molecule has 1 heterocycles. The van der Waals surface area contributed by atoms with E-state index in [1.165, 1.54) is 12.1 Å². The predicted molar refractivity (Wildman–Crippen MR) is 114 cm³/mol. The van der Waals surface area contributed by atoms with E-state index in [4.69, 9.17) is 4.74 Å². The average Bonchev–Trinajstić information content (AvgIpc) is 3.21. The number of benzene rings is 2. The fourth-order valence-corrected chi connectivity index (χ4v) is 3.85. The van der Waals surface area contributed by atoms with Crippen LogP contribution in [0.1, 0.15) is 41.8 Å². The summed E-state index contributed by atoms with van der Waals surface area (Å²) in [6.07, 6.45) is -3.97. The van der Waals surface area contributed by atoms with Crippen molar-refractivity contribution in [1.82, 2.24) is 10.2 Å². The summed E-state index contributed by atoms with van der Waals surface area (Å²) in [5, 5.41) is 2.45. The number of rotatable bonds is 7. The van der Waals surface area contributed by atoms with Gasteiger partial charge in [0.25, 0.3) is 5.91 Å². The molecule has 2 atom stereocenters. The van der Waals surface area contributed by atoms with Gasteiger partial charge in [0.15, 0.2) is 0 Å². The minimum atomic E-state index is -4.54. The summed E-state index contributed by atoms with van der Waals surface area (Å²) in [7, 11) is 0. The third kappa shape index (κ3) is 6.09. The predicted octanol–water partition coefficient (Wildman–Crippen LogP) is 4.28. The topological polar surface area (TPSA) is 58.6 Å². The molecule has 2 amide bonds. The maximum absolute atomic E-state index is 12.9. The molecule has 2 aromatic rings. The monoisotopic (exact) mass is 448 g/mol. The summed E-state index contributed by atoms with van der Waals surface area (Å²) in [5.41, 5.74) is -0.000417. The molecular weight excluding hydrogens is 421 g/mol. The van der Waals surface area contributed by atoms with Gasteiger partial charge in [0.1, 0.15) is 0 Å². The van der Waals surface area contributed by atoms with Gasteiger partial charge in [0.05, 0.1) is 24.8 Å². The van der Waals surface area contributed by atoms with E-state index in [1.807, 2.05) is 44.2 Å². The van der Waals surface area contributed by atoms with Crippen molar-refractivity contribution in [3.63, 3.8) is 0 Å². The van der Waals surface area contributed by atoms with Crippen LogP contribution in [0, 0.1) is 5.92 Å². The van der Waals surface area contributed by atoms with E-state index in [2.05, 4.69) is 5.32 Å². The van der Waals surface area contributed by atoms with E-state index in [9.17, 15) is 22.8 Å². The summed E-state index contributed by atoms with van der Waals surface area (Å²) in [6.45, 7) is 4.61. The lowest BCUT2D eigenvalue weighted by atomic mass is 10.0. The van der Waals surface area contributed by atoms with Crippen LogP contribution >= 0.6 is 0 Å². The van der Waals surface area contributed by atoms with Crippen molar-refractivity contribution in [2.75, 3.05) is 13.1 Å². The molecule has 8 heteroatoms. The molecule has 3 rings (SSSR count). The number of alkyl halides is 3. The molecule has 172 valence electrons. The SMILES string of the molecule is CC(C)[C@@H]1C[C@@H](OCc2ccccc2)CN1C(=O)CNC(=O)c1cccc(C(F)(F)F)c1. The number of nitrogens with zero attached hydrogens (tertiary/aromatic N) is 1. The van der Waals surface area contributed by atoms with Crippen LogP contribution in [-0.4, -0.2) is 41.9 Å². The smallest absolute Gasteiger partial charge is 0.372 e. The Morgan fingerprint density at radius 3 is 2.50 bits per heavy atom. The van der Waals surface area contributed by atoms with Crippen molar-refractivity contribution in [3.05, 3.63) is 71.3 Å². The highest BCUT2D eigenvalue weighted by atomic mass is 19.4. The number of halogens is 3. The van der Waals surface area contributed by atoms with Crippen LogP contribution in [0.15, 0.2) is 54.6 Å². The zero-order valence-electron chi connectivity index (χ0n) is 18.1. The lowest BCUT2D eigenvalue weighted by molar-refractivity contribution is -0.137. The third-order valence-electron chi connectivity index (χ3n) is 5.58. The van der Waals surface area contributed by atoms with Gasteiger partial charge in [0, 0.05) is 18.2 Å². The first-order chi connectivity index (χ1) is 15.1. The summed E-state index contributed by atoms with van der Waals surface area (Å²) >= 11 is 0. The third-order valence-corrected chi connectivity index (χ3v) is 5.58. The molecule has 0 radical (unpaired) electrons. The average molecular weight is 448 g/mol. The molecule has 1 N–H and O–H groups in total. The Hall–Kier alpha value is -2.87. The van der Waals surface area contributed by atoms with Crippen LogP contribution in [0.3, 0.4) is 0 Å². The molecule has 1 aliphatic rings. The number of likely N-dealkylation sites (tertiary alicyclic amines) is 1. The number of carbonyl (C=O) groups is 2. The Kier molecular flexibility index (Phi) is 7.56. The van der Waals surface area contributed by atoms with Crippen LogP contribution in [0.4, 0.5) is 13.2 Å². The Morgan fingerprint density at radius 2 is 1.84 bits per heavy atom. The zero-order valence-corrected chi connectivity index (χ0v) is 18.1. The van der Waals surface area contributed by atoms with E-state index >= 15 is 0 Å². The first-order valence-electron chi connectivity index (χ1n) is 10.6. The number of hydrogen-bond acceptors (Lipinski definition) is 3. The van der Waals surface area contributed by atoms with Crippen molar-refractivity contribution in [3.8, 4) is 0 Å². The molecule has 1 fully saturated rings. The summed E-state index contributed by atoms with van der Waals surface area (Å²) in [6, 6.07) is 13.9. The molecule has 1 saturated heterocycles. The fraction of sp³-hybridized carbons (Fsp3) is 0.417. The van der Waals surface area contributed by atoms with Gasteiger partial charge in [-0.2, -0.15) is 13.2 Å². The maximum Gasteiger partial charge on any atom is 0.416 e. The second-order valence-electron chi connectivity index (χ2n) is 8.27. The van der Waals surface area contributed by atoms with E-state index < -0.39 is 17.6 Å². The first-order valence-corrected chi connectivity index (χ1v) is 10.6. The van der Waals surface area contributed by atoms with Crippen molar-refractivity contribution in [1.29, 1.82) is 0 Å². The number of amides is 2. The van der Waals surface area contributed by atoms with Gasteiger partial charge in [-0.1, -0.05) is 50.2 Å². The molecule has 0 aromatic heterocycles. The highest BCUT2D eigenvalue weighted by molar-refractivity contribution is 5.96. The van der Waals surface area contributed by atoms with Crippen molar-refractivity contribution >= 4 is 11.8 Å². The molecule has 32 heavy (non-hydrogen) atoms. The van der Waals surface area contributed by atoms with Gasteiger partial charge < -0.3 is 15.0 Å². The number of ether oxygens (including phenoxy) is 1. The number of carbonyl (C=O) groups excluding carboxylic acids is 2. The van der Waals surface area contributed by atoms with Gasteiger partial charge in [-0.15, -0.1) is 0 Å².